The van der Waals surface area contributed by atoms with E-state index in [4.69, 9.17) is 14.7 Å². The molecule has 1 N–H and O–H groups in total. The van der Waals surface area contributed by atoms with Crippen molar-refractivity contribution >= 4 is 22.5 Å². The number of fused-ring (bicyclic) bond motifs is 1. The van der Waals surface area contributed by atoms with E-state index in [0.29, 0.717) is 0 Å². The number of ether oxygens (including phenoxy) is 1. The Morgan fingerprint density at radius 3 is 2.19 bits per heavy atom. The molecule has 0 bridgehead atoms. The van der Waals surface area contributed by atoms with Crippen LogP contribution in [0.5, 0.6) is 5.75 Å². The minimum Gasteiger partial charge on any atom is -0.497 e. The third kappa shape index (κ3) is 3.39. The van der Waals surface area contributed by atoms with Gasteiger partial charge in [-0.2, -0.15) is 0 Å². The summed E-state index contributed by atoms with van der Waals surface area (Å²) in [5.74, 6) is 3.30. The molecule has 0 atom stereocenters. The molecule has 0 aliphatic carbocycles. The Bertz CT molecular complexity index is 1390. The largest absolute Gasteiger partial charge is 0.497 e. The molecule has 2 aromatic carbocycles. The van der Waals surface area contributed by atoms with Gasteiger partial charge in [-0.05, 0) is 81.4 Å². The van der Waals surface area contributed by atoms with E-state index in [1.807, 2.05) is 49.4 Å². The number of hydrogen-bond donors (Lipinski definition) is 1. The van der Waals surface area contributed by atoms with Gasteiger partial charge in [0.1, 0.15) is 17.4 Å². The van der Waals surface area contributed by atoms with Crippen molar-refractivity contribution in [3.8, 4) is 17.3 Å². The minimum atomic E-state index is 0.771. The van der Waals surface area contributed by atoms with Gasteiger partial charge in [0, 0.05) is 17.1 Å². The average Bonchev–Trinajstić information content (AvgIpc) is 3.32. The fraction of sp³-hybridized carbons (Fsp3) is 0.154. The molecule has 5 rings (SSSR count). The molecular formula is C26H25N5O. The molecular weight excluding hydrogens is 398 g/mol. The van der Waals surface area contributed by atoms with Gasteiger partial charge in [0.25, 0.3) is 0 Å². The highest BCUT2D eigenvalue weighted by Crippen LogP contribution is 2.29. The van der Waals surface area contributed by atoms with Gasteiger partial charge >= 0.3 is 0 Å². The number of nitrogens with one attached hydrogen (secondary N) is 1. The highest BCUT2D eigenvalue weighted by atomic mass is 16.5. The summed E-state index contributed by atoms with van der Waals surface area (Å²) in [6.07, 6.45) is 0. The zero-order valence-corrected chi connectivity index (χ0v) is 18.6. The molecule has 0 fully saturated rings. The standard InChI is InChI=1S/C26H25N5O/c1-17-9-10-18(2)30(17)24-15-16-25(31-19(3)27-22-7-5-6-8-23(22)31)29-26(24)28-20-11-13-21(32-4)14-12-20/h5-16H,1-4H3,(H,28,29). The van der Waals surface area contributed by atoms with Crippen molar-refractivity contribution in [3.05, 3.63) is 90.0 Å². The van der Waals surface area contributed by atoms with Gasteiger partial charge in [0.2, 0.25) is 0 Å². The molecule has 0 aliphatic heterocycles. The molecule has 0 unspecified atom stereocenters. The van der Waals surface area contributed by atoms with Crippen molar-refractivity contribution in [2.75, 3.05) is 12.4 Å². The van der Waals surface area contributed by atoms with Crippen molar-refractivity contribution in [1.29, 1.82) is 0 Å². The Balaban J connectivity index is 1.67. The van der Waals surface area contributed by atoms with Gasteiger partial charge in [0.05, 0.1) is 23.8 Å². The Labute approximate surface area is 187 Å². The summed E-state index contributed by atoms with van der Waals surface area (Å²) in [5.41, 5.74) is 6.22. The van der Waals surface area contributed by atoms with Crippen molar-refractivity contribution in [3.63, 3.8) is 0 Å². The van der Waals surface area contributed by atoms with Crippen molar-refractivity contribution < 1.29 is 4.74 Å². The summed E-state index contributed by atoms with van der Waals surface area (Å²) in [6, 6.07) is 24.4. The Kier molecular flexibility index (Phi) is 4.90. The fourth-order valence-electron chi connectivity index (χ4n) is 4.13. The Hall–Kier alpha value is -4.06. The van der Waals surface area contributed by atoms with E-state index >= 15 is 0 Å². The zero-order valence-electron chi connectivity index (χ0n) is 18.6. The Morgan fingerprint density at radius 1 is 0.750 bits per heavy atom. The zero-order chi connectivity index (χ0) is 22.2. The van der Waals surface area contributed by atoms with Crippen molar-refractivity contribution in [2.45, 2.75) is 20.8 Å². The van der Waals surface area contributed by atoms with E-state index in [2.05, 4.69) is 58.6 Å². The van der Waals surface area contributed by atoms with Crippen molar-refractivity contribution in [1.82, 2.24) is 19.1 Å². The average molecular weight is 424 g/mol. The normalized spacial score (nSPS) is 11.1. The summed E-state index contributed by atoms with van der Waals surface area (Å²) in [4.78, 5) is 9.77. The maximum absolute atomic E-state index is 5.30. The lowest BCUT2D eigenvalue weighted by atomic mass is 10.2. The van der Waals surface area contributed by atoms with E-state index in [1.54, 1.807) is 7.11 Å². The molecule has 3 aromatic heterocycles. The highest BCUT2D eigenvalue weighted by Gasteiger charge is 2.15. The first kappa shape index (κ1) is 19.9. The number of methoxy groups -OCH3 is 1. The van der Waals surface area contributed by atoms with Crippen LogP contribution in [0.2, 0.25) is 0 Å². The fourth-order valence-corrected chi connectivity index (χ4v) is 4.13. The van der Waals surface area contributed by atoms with Crippen LogP contribution in [-0.2, 0) is 0 Å². The number of aromatic nitrogens is 4. The summed E-state index contributed by atoms with van der Waals surface area (Å²) in [6.45, 7) is 6.21. The quantitative estimate of drug-likeness (QED) is 0.383. The molecule has 0 spiro atoms. The number of imidazole rings is 1. The smallest absolute Gasteiger partial charge is 0.157 e. The summed E-state index contributed by atoms with van der Waals surface area (Å²) >= 11 is 0. The first-order valence-electron chi connectivity index (χ1n) is 10.6. The lowest BCUT2D eigenvalue weighted by Crippen LogP contribution is -2.08. The molecule has 32 heavy (non-hydrogen) atoms. The van der Waals surface area contributed by atoms with Crippen LogP contribution in [0.1, 0.15) is 17.2 Å². The molecule has 0 amide bonds. The number of anilines is 2. The second-order valence-electron chi connectivity index (χ2n) is 7.83. The third-order valence-electron chi connectivity index (χ3n) is 5.68. The summed E-state index contributed by atoms with van der Waals surface area (Å²) < 4.78 is 9.60. The number of benzene rings is 2. The maximum atomic E-state index is 5.30. The first-order chi connectivity index (χ1) is 15.5. The van der Waals surface area contributed by atoms with Gasteiger partial charge in [-0.1, -0.05) is 12.1 Å². The molecule has 0 saturated heterocycles. The molecule has 5 aromatic rings. The van der Waals surface area contributed by atoms with Gasteiger partial charge in [-0.3, -0.25) is 4.57 Å². The first-order valence-corrected chi connectivity index (χ1v) is 10.6. The third-order valence-corrected chi connectivity index (χ3v) is 5.68. The number of aryl methyl sites for hydroxylation is 3. The number of rotatable bonds is 5. The molecule has 6 heteroatoms. The lowest BCUT2D eigenvalue weighted by Gasteiger charge is -2.17. The van der Waals surface area contributed by atoms with Crippen LogP contribution in [0.25, 0.3) is 22.5 Å². The van der Waals surface area contributed by atoms with E-state index in [-0.39, 0.29) is 0 Å². The van der Waals surface area contributed by atoms with E-state index in [9.17, 15) is 0 Å². The van der Waals surface area contributed by atoms with Crippen LogP contribution in [0.3, 0.4) is 0 Å². The molecule has 6 nitrogen and oxygen atoms in total. The minimum absolute atomic E-state index is 0.771. The lowest BCUT2D eigenvalue weighted by molar-refractivity contribution is 0.415. The predicted molar refractivity (Wildman–Crippen MR) is 129 cm³/mol. The van der Waals surface area contributed by atoms with Crippen LogP contribution < -0.4 is 10.1 Å². The van der Waals surface area contributed by atoms with Gasteiger partial charge in [-0.15, -0.1) is 0 Å². The number of para-hydroxylation sites is 2. The van der Waals surface area contributed by atoms with E-state index in [1.165, 1.54) is 0 Å². The molecule has 3 heterocycles. The van der Waals surface area contributed by atoms with Crippen LogP contribution in [0, 0.1) is 20.8 Å². The van der Waals surface area contributed by atoms with Gasteiger partial charge < -0.3 is 14.6 Å². The van der Waals surface area contributed by atoms with Gasteiger partial charge in [0.15, 0.2) is 5.82 Å². The van der Waals surface area contributed by atoms with Crippen LogP contribution in [0.4, 0.5) is 11.5 Å². The number of hydrogen-bond acceptors (Lipinski definition) is 4. The SMILES string of the molecule is COc1ccc(Nc2nc(-n3c(C)nc4ccccc43)ccc2-n2c(C)ccc2C)cc1. The van der Waals surface area contributed by atoms with Crippen LogP contribution in [0.15, 0.2) is 72.8 Å². The molecule has 160 valence electrons. The summed E-state index contributed by atoms with van der Waals surface area (Å²) in [5, 5.41) is 3.52. The number of pyridine rings is 1. The topological polar surface area (TPSA) is 56.9 Å². The second-order valence-corrected chi connectivity index (χ2v) is 7.83. The number of nitrogens with zero attached hydrogens (tertiary/aromatic N) is 4. The van der Waals surface area contributed by atoms with Gasteiger partial charge in [-0.25, -0.2) is 9.97 Å². The maximum Gasteiger partial charge on any atom is 0.157 e. The monoisotopic (exact) mass is 423 g/mol. The van der Waals surface area contributed by atoms with Crippen molar-refractivity contribution in [2.24, 2.45) is 0 Å². The van der Waals surface area contributed by atoms with Crippen LogP contribution >= 0.6 is 0 Å². The molecule has 0 aliphatic rings. The Morgan fingerprint density at radius 2 is 1.47 bits per heavy atom. The predicted octanol–water partition coefficient (Wildman–Crippen LogP) is 5.89. The molecule has 0 radical (unpaired) electrons. The molecule has 0 saturated carbocycles. The summed E-state index contributed by atoms with van der Waals surface area (Å²) in [7, 11) is 1.67. The van der Waals surface area contributed by atoms with Crippen LogP contribution in [-0.4, -0.2) is 26.2 Å². The highest BCUT2D eigenvalue weighted by molar-refractivity contribution is 5.78. The van der Waals surface area contributed by atoms with E-state index < -0.39 is 0 Å². The second kappa shape index (κ2) is 7.89. The van der Waals surface area contributed by atoms with E-state index in [0.717, 1.165) is 57.0 Å².